The second-order valence-electron chi connectivity index (χ2n) is 6.59. The third-order valence-electron chi connectivity index (χ3n) is 4.67. The van der Waals surface area contributed by atoms with E-state index in [1.54, 1.807) is 19.4 Å². The first-order chi connectivity index (χ1) is 12.6. The minimum absolute atomic E-state index is 0.166. The van der Waals surface area contributed by atoms with Crippen molar-refractivity contribution >= 4 is 17.0 Å². The average Bonchev–Trinajstić information content (AvgIpc) is 2.66. The number of methoxy groups -OCH3 is 1. The topological polar surface area (TPSA) is 46.3 Å². The maximum atomic E-state index is 10.3. The Morgan fingerprint density at radius 3 is 2.54 bits per heavy atom. The fraction of sp³-hybridized carbons (Fsp3) is 0.227. The van der Waals surface area contributed by atoms with Gasteiger partial charge in [0.1, 0.15) is 17.5 Å². The minimum atomic E-state index is 0.166. The molecule has 0 unspecified atom stereocenters. The summed E-state index contributed by atoms with van der Waals surface area (Å²) in [5, 5.41) is 12.4. The molecule has 0 saturated heterocycles. The largest absolute Gasteiger partial charge is 0.507 e. The number of phenols is 1. The molecule has 0 saturated carbocycles. The van der Waals surface area contributed by atoms with Crippen LogP contribution in [0.4, 0.5) is 0 Å². The highest BCUT2D eigenvalue weighted by Gasteiger charge is 2.21. The number of rotatable bonds is 6. The fourth-order valence-electron chi connectivity index (χ4n) is 3.22. The van der Waals surface area contributed by atoms with Gasteiger partial charge in [-0.25, -0.2) is 0 Å². The number of likely N-dealkylation sites (N-methyl/N-ethyl adjacent to an activating group) is 1. The molecule has 26 heavy (non-hydrogen) atoms. The van der Waals surface area contributed by atoms with Crippen molar-refractivity contribution in [3.63, 3.8) is 0 Å². The van der Waals surface area contributed by atoms with Gasteiger partial charge in [0.05, 0.1) is 33.3 Å². The summed E-state index contributed by atoms with van der Waals surface area (Å²) in [5.41, 5.74) is 1.89. The number of nitrogens with one attached hydrogen (secondary N) is 1. The maximum Gasteiger partial charge on any atom is 0.136 e. The summed E-state index contributed by atoms with van der Waals surface area (Å²) < 4.78 is 5.51. The zero-order chi connectivity index (χ0) is 18.5. The zero-order valence-corrected chi connectivity index (χ0v) is 15.4. The predicted molar refractivity (Wildman–Crippen MR) is 107 cm³/mol. The molecule has 0 aliphatic heterocycles. The highest BCUT2D eigenvalue weighted by Crippen LogP contribution is 2.26. The molecular weight excluding hydrogens is 324 g/mol. The zero-order valence-electron chi connectivity index (χ0n) is 15.4. The van der Waals surface area contributed by atoms with E-state index in [9.17, 15) is 5.11 Å². The van der Waals surface area contributed by atoms with Crippen LogP contribution in [-0.2, 0) is 0 Å². The Kier molecular flexibility index (Phi) is 5.54. The van der Waals surface area contributed by atoms with Gasteiger partial charge in [-0.2, -0.15) is 0 Å². The Morgan fingerprint density at radius 2 is 1.77 bits per heavy atom. The Morgan fingerprint density at radius 1 is 1.04 bits per heavy atom. The number of hydrogen-bond acceptors (Lipinski definition) is 3. The normalized spacial score (nSPS) is 12.8. The molecule has 3 rings (SSSR count). The van der Waals surface area contributed by atoms with E-state index in [0.717, 1.165) is 27.6 Å². The number of hydrogen-bond donors (Lipinski definition) is 2. The van der Waals surface area contributed by atoms with Crippen LogP contribution in [0.3, 0.4) is 0 Å². The van der Waals surface area contributed by atoms with Crippen molar-refractivity contribution in [3.05, 3.63) is 71.8 Å². The van der Waals surface area contributed by atoms with Gasteiger partial charge in [0, 0.05) is 11.8 Å². The Bertz CT molecular complexity index is 919. The summed E-state index contributed by atoms with van der Waals surface area (Å²) in [4.78, 5) is 5.94. The summed E-state index contributed by atoms with van der Waals surface area (Å²) in [5.74, 6) is 1.13. The van der Waals surface area contributed by atoms with Gasteiger partial charge in [0.15, 0.2) is 0 Å². The molecule has 3 aromatic carbocycles. The molecule has 4 heteroatoms. The molecule has 0 radical (unpaired) electrons. The van der Waals surface area contributed by atoms with Crippen LogP contribution >= 0.6 is 0 Å². The van der Waals surface area contributed by atoms with Crippen molar-refractivity contribution in [2.24, 2.45) is 4.99 Å². The van der Waals surface area contributed by atoms with Crippen LogP contribution in [0, 0.1) is 0 Å². The molecule has 3 aromatic rings. The van der Waals surface area contributed by atoms with Gasteiger partial charge in [-0.05, 0) is 29.0 Å². The minimum Gasteiger partial charge on any atom is -0.507 e. The standard InChI is InChI=1S/C22H24N2O2/c1-24(2)20(18-10-6-7-11-22(18)26-3)15-23-14-19-17-9-5-4-8-16(17)12-13-21(19)25/h4-14,20,25H,15H2,1-3H3/p+1/t20-/m1/s1. The van der Waals surface area contributed by atoms with E-state index < -0.39 is 0 Å². The highest BCUT2D eigenvalue weighted by atomic mass is 16.5. The molecule has 0 heterocycles. The van der Waals surface area contributed by atoms with Crippen LogP contribution in [-0.4, -0.2) is 39.1 Å². The lowest BCUT2D eigenvalue weighted by Gasteiger charge is -2.22. The summed E-state index contributed by atoms with van der Waals surface area (Å²) in [6.45, 7) is 0.603. The van der Waals surface area contributed by atoms with Gasteiger partial charge in [-0.1, -0.05) is 42.5 Å². The van der Waals surface area contributed by atoms with Crippen LogP contribution in [0.15, 0.2) is 65.7 Å². The molecule has 0 spiro atoms. The second-order valence-corrected chi connectivity index (χ2v) is 6.59. The Hall–Kier alpha value is -2.85. The number of fused-ring (bicyclic) bond motifs is 1. The molecule has 2 N–H and O–H groups in total. The number of phenolic OH excluding ortho intramolecular Hbond substituents is 1. The van der Waals surface area contributed by atoms with E-state index in [0.29, 0.717) is 6.54 Å². The second kappa shape index (κ2) is 8.02. The van der Waals surface area contributed by atoms with E-state index in [1.165, 1.54) is 4.90 Å². The lowest BCUT2D eigenvalue weighted by Crippen LogP contribution is -3.06. The van der Waals surface area contributed by atoms with Crippen LogP contribution in [0.5, 0.6) is 11.5 Å². The number of benzene rings is 3. The fourth-order valence-corrected chi connectivity index (χ4v) is 3.22. The van der Waals surface area contributed by atoms with Gasteiger partial charge in [-0.3, -0.25) is 4.99 Å². The van der Waals surface area contributed by atoms with Crippen molar-refractivity contribution in [2.75, 3.05) is 27.7 Å². The average molecular weight is 349 g/mol. The van der Waals surface area contributed by atoms with Crippen molar-refractivity contribution in [1.82, 2.24) is 0 Å². The quantitative estimate of drug-likeness (QED) is 0.672. The smallest absolute Gasteiger partial charge is 0.136 e. The number of aliphatic imine (C=N–C) groups is 1. The van der Waals surface area contributed by atoms with Gasteiger partial charge in [0.2, 0.25) is 0 Å². The van der Waals surface area contributed by atoms with Crippen molar-refractivity contribution in [2.45, 2.75) is 6.04 Å². The van der Waals surface area contributed by atoms with E-state index in [1.807, 2.05) is 48.5 Å². The molecule has 4 nitrogen and oxygen atoms in total. The summed E-state index contributed by atoms with van der Waals surface area (Å²) in [7, 11) is 5.92. The van der Waals surface area contributed by atoms with E-state index in [-0.39, 0.29) is 11.8 Å². The Labute approximate surface area is 154 Å². The maximum absolute atomic E-state index is 10.3. The summed E-state index contributed by atoms with van der Waals surface area (Å²) >= 11 is 0. The highest BCUT2D eigenvalue weighted by molar-refractivity contribution is 6.02. The van der Waals surface area contributed by atoms with E-state index in [4.69, 9.17) is 4.74 Å². The van der Waals surface area contributed by atoms with Crippen LogP contribution in [0.2, 0.25) is 0 Å². The first-order valence-corrected chi connectivity index (χ1v) is 8.75. The predicted octanol–water partition coefficient (Wildman–Crippen LogP) is 2.86. The van der Waals surface area contributed by atoms with E-state index in [2.05, 4.69) is 25.2 Å². The molecule has 0 fully saturated rings. The molecule has 0 amide bonds. The third-order valence-corrected chi connectivity index (χ3v) is 4.67. The third kappa shape index (κ3) is 3.70. The number of ether oxygens (including phenoxy) is 1. The lowest BCUT2D eigenvalue weighted by molar-refractivity contribution is -0.890. The molecular formula is C22H25N2O2+. The lowest BCUT2D eigenvalue weighted by atomic mass is 10.0. The van der Waals surface area contributed by atoms with Gasteiger partial charge in [-0.15, -0.1) is 0 Å². The monoisotopic (exact) mass is 349 g/mol. The molecule has 134 valence electrons. The van der Waals surface area contributed by atoms with Crippen molar-refractivity contribution in [3.8, 4) is 11.5 Å². The van der Waals surface area contributed by atoms with E-state index >= 15 is 0 Å². The summed E-state index contributed by atoms with van der Waals surface area (Å²) in [6, 6.07) is 19.9. The van der Waals surface area contributed by atoms with Crippen molar-refractivity contribution < 1.29 is 14.7 Å². The van der Waals surface area contributed by atoms with Gasteiger partial charge < -0.3 is 14.7 Å². The molecule has 0 aromatic heterocycles. The number of nitrogens with zero attached hydrogens (tertiary/aromatic N) is 1. The molecule has 1 atom stereocenters. The SMILES string of the molecule is COc1ccccc1[C@@H](CN=Cc1c(O)ccc2ccccc12)[NH+](C)C. The molecule has 0 aliphatic rings. The number of aromatic hydroxyl groups is 1. The van der Waals surface area contributed by atoms with Crippen LogP contribution < -0.4 is 9.64 Å². The van der Waals surface area contributed by atoms with Gasteiger partial charge in [0.25, 0.3) is 0 Å². The Balaban J connectivity index is 1.90. The first kappa shape index (κ1) is 18.0. The summed E-state index contributed by atoms with van der Waals surface area (Å²) in [6.07, 6.45) is 1.78. The molecule has 0 aliphatic carbocycles. The van der Waals surface area contributed by atoms with Crippen LogP contribution in [0.25, 0.3) is 10.8 Å². The van der Waals surface area contributed by atoms with Crippen LogP contribution in [0.1, 0.15) is 17.2 Å². The number of quaternary nitrogens is 1. The molecule has 0 bridgehead atoms. The van der Waals surface area contributed by atoms with Gasteiger partial charge >= 0.3 is 0 Å². The van der Waals surface area contributed by atoms with Crippen molar-refractivity contribution in [1.29, 1.82) is 0 Å². The first-order valence-electron chi connectivity index (χ1n) is 8.75. The number of para-hydroxylation sites is 1.